The molecule has 0 aromatic carbocycles. The van der Waals surface area contributed by atoms with E-state index >= 15 is 0 Å². The van der Waals surface area contributed by atoms with Gasteiger partial charge in [-0.2, -0.15) is 0 Å². The largest absolute Gasteiger partial charge is 0.490 e. The molecule has 3 aromatic rings. The molecule has 34 heavy (non-hydrogen) atoms. The van der Waals surface area contributed by atoms with Gasteiger partial charge in [-0.05, 0) is 25.1 Å². The molecule has 0 amide bonds. The summed E-state index contributed by atoms with van der Waals surface area (Å²) in [4.78, 5) is 21.4. The number of pyridine rings is 3. The smallest absolute Gasteiger partial charge is 0.260 e. The van der Waals surface area contributed by atoms with Crippen molar-refractivity contribution in [1.82, 2.24) is 14.1 Å². The molecule has 0 radical (unpaired) electrons. The van der Waals surface area contributed by atoms with Crippen molar-refractivity contribution in [3.05, 3.63) is 70.2 Å². The molecular formula is C23H26FN7O3. The molecule has 0 bridgehead atoms. The molecule has 0 fully saturated rings. The van der Waals surface area contributed by atoms with Crippen molar-refractivity contribution in [2.75, 3.05) is 27.4 Å². The van der Waals surface area contributed by atoms with Gasteiger partial charge in [-0.3, -0.25) is 30.2 Å². The van der Waals surface area contributed by atoms with Gasteiger partial charge in [0.1, 0.15) is 18.2 Å². The molecule has 3 heterocycles. The number of aromatic nitrogens is 3. The van der Waals surface area contributed by atoms with Gasteiger partial charge in [0.15, 0.2) is 11.3 Å². The van der Waals surface area contributed by atoms with E-state index in [4.69, 9.17) is 26.0 Å². The number of nitrogens with zero attached hydrogens (tertiary/aromatic N) is 4. The summed E-state index contributed by atoms with van der Waals surface area (Å²) in [6.45, 7) is 2.31. The minimum Gasteiger partial charge on any atom is -0.490 e. The van der Waals surface area contributed by atoms with Crippen LogP contribution in [0.1, 0.15) is 18.5 Å². The number of hydrogen-bond acceptors (Lipinski definition) is 8. The third-order valence-electron chi connectivity index (χ3n) is 5.18. The first-order valence-electron chi connectivity index (χ1n) is 10.3. The number of ether oxygens (including phenoxy) is 2. The van der Waals surface area contributed by atoms with Crippen LogP contribution in [0.15, 0.2) is 52.8 Å². The second kappa shape index (κ2) is 10.7. The molecule has 4 N–H and O–H groups in total. The fourth-order valence-electron chi connectivity index (χ4n) is 3.34. The molecule has 1 atom stereocenters. The predicted octanol–water partition coefficient (Wildman–Crippen LogP) is 1.93. The van der Waals surface area contributed by atoms with E-state index < -0.39 is 22.9 Å². The Balaban J connectivity index is 2.03. The van der Waals surface area contributed by atoms with Crippen LogP contribution in [0, 0.1) is 16.6 Å². The molecule has 0 saturated heterocycles. The fraction of sp³-hybridized carbons (Fsp3) is 0.261. The third kappa shape index (κ3) is 4.94. The highest BCUT2D eigenvalue weighted by atomic mass is 19.1. The Morgan fingerprint density at radius 3 is 2.82 bits per heavy atom. The number of nitrogens with one attached hydrogen (secondary N) is 2. The first-order valence-corrected chi connectivity index (χ1v) is 10.3. The number of nitrogens with two attached hydrogens (primary N) is 1. The number of halogens is 1. The SMILES string of the molecule is CN=CC(=CN)c1cc(F)c(=N)n(C(=N)[C@@H](C)n2ccc3ncc(OCCOC)cc3c2=O)c1. The Kier molecular flexibility index (Phi) is 7.69. The van der Waals surface area contributed by atoms with Crippen molar-refractivity contribution in [2.45, 2.75) is 13.0 Å². The van der Waals surface area contributed by atoms with Crippen LogP contribution in [0.4, 0.5) is 4.39 Å². The first kappa shape index (κ1) is 24.5. The number of hydrogen-bond donors (Lipinski definition) is 3. The number of allylic oxidation sites excluding steroid dienone is 1. The first-order chi connectivity index (χ1) is 16.3. The minimum atomic E-state index is -0.841. The lowest BCUT2D eigenvalue weighted by atomic mass is 10.1. The summed E-state index contributed by atoms with van der Waals surface area (Å²) >= 11 is 0. The summed E-state index contributed by atoms with van der Waals surface area (Å²) in [6.07, 6.45) is 7.16. The molecule has 0 saturated carbocycles. The zero-order chi connectivity index (χ0) is 24.8. The van der Waals surface area contributed by atoms with E-state index in [0.29, 0.717) is 41.0 Å². The summed E-state index contributed by atoms with van der Waals surface area (Å²) in [7, 11) is 3.11. The van der Waals surface area contributed by atoms with E-state index in [-0.39, 0.29) is 5.84 Å². The van der Waals surface area contributed by atoms with Crippen LogP contribution in [-0.2, 0) is 4.74 Å². The lowest BCUT2D eigenvalue weighted by molar-refractivity contribution is 0.146. The lowest BCUT2D eigenvalue weighted by Gasteiger charge is -2.20. The molecule has 0 aliphatic heterocycles. The van der Waals surface area contributed by atoms with E-state index in [1.165, 1.54) is 35.6 Å². The van der Waals surface area contributed by atoms with Crippen LogP contribution in [0.25, 0.3) is 16.5 Å². The zero-order valence-electron chi connectivity index (χ0n) is 19.1. The maximum Gasteiger partial charge on any atom is 0.260 e. The van der Waals surface area contributed by atoms with Crippen molar-refractivity contribution in [3.8, 4) is 5.75 Å². The summed E-state index contributed by atoms with van der Waals surface area (Å²) in [5.41, 5.74) is 5.94. The molecule has 0 aliphatic carbocycles. The van der Waals surface area contributed by atoms with Gasteiger partial charge in [-0.25, -0.2) is 4.39 Å². The molecular weight excluding hydrogens is 441 g/mol. The highest BCUT2D eigenvalue weighted by Crippen LogP contribution is 2.18. The van der Waals surface area contributed by atoms with Crippen molar-refractivity contribution >= 4 is 28.5 Å². The summed E-state index contributed by atoms with van der Waals surface area (Å²) in [5.74, 6) is -0.609. The van der Waals surface area contributed by atoms with E-state index in [1.54, 1.807) is 33.2 Å². The second-order valence-electron chi connectivity index (χ2n) is 7.34. The number of methoxy groups -OCH3 is 1. The normalized spacial score (nSPS) is 12.9. The molecule has 0 unspecified atom stereocenters. The van der Waals surface area contributed by atoms with Crippen LogP contribution in [0.2, 0.25) is 0 Å². The average Bonchev–Trinajstić information content (AvgIpc) is 2.84. The van der Waals surface area contributed by atoms with E-state index in [2.05, 4.69) is 9.98 Å². The molecule has 3 rings (SSSR count). The summed E-state index contributed by atoms with van der Waals surface area (Å²) in [6, 6.07) is 3.55. The molecule has 11 heteroatoms. The maximum absolute atomic E-state index is 14.5. The van der Waals surface area contributed by atoms with E-state index in [1.807, 2.05) is 0 Å². The Hall–Kier alpha value is -4.12. The minimum absolute atomic E-state index is 0.183. The van der Waals surface area contributed by atoms with E-state index in [0.717, 1.165) is 10.6 Å². The van der Waals surface area contributed by atoms with Crippen molar-refractivity contribution < 1.29 is 13.9 Å². The van der Waals surface area contributed by atoms with Crippen molar-refractivity contribution in [3.63, 3.8) is 0 Å². The summed E-state index contributed by atoms with van der Waals surface area (Å²) < 4.78 is 27.5. The van der Waals surface area contributed by atoms with Gasteiger partial charge >= 0.3 is 0 Å². The number of fused-ring (bicyclic) bond motifs is 1. The lowest BCUT2D eigenvalue weighted by Crippen LogP contribution is -2.37. The Labute approximate surface area is 194 Å². The van der Waals surface area contributed by atoms with Crippen LogP contribution in [-0.4, -0.2) is 53.5 Å². The Bertz CT molecular complexity index is 1390. The second-order valence-corrected chi connectivity index (χ2v) is 7.34. The number of aliphatic imine (C=N–C) groups is 1. The van der Waals surface area contributed by atoms with Gasteiger partial charge in [0, 0.05) is 50.1 Å². The van der Waals surface area contributed by atoms with Gasteiger partial charge in [0.05, 0.1) is 29.7 Å². The highest BCUT2D eigenvalue weighted by Gasteiger charge is 2.19. The molecule has 0 aliphatic rings. The van der Waals surface area contributed by atoms with E-state index in [9.17, 15) is 9.18 Å². The standard InChI is InChI=1S/C23H26FN7O3/c1-14(21(26)31-13-15(8-19(24)22(31)27)16(10-25)11-28-2)30-5-4-20-18(23(30)32)9-17(12-29-20)34-7-6-33-3/h4-5,8-14,26-27H,6-7,25H2,1-3H3/t14-/m1/s1. The van der Waals surface area contributed by atoms with Gasteiger partial charge in [-0.15, -0.1) is 0 Å². The van der Waals surface area contributed by atoms with Gasteiger partial charge in [0.25, 0.3) is 5.56 Å². The van der Waals surface area contributed by atoms with Crippen molar-refractivity contribution in [1.29, 1.82) is 10.8 Å². The quantitative estimate of drug-likeness (QED) is 0.263. The Morgan fingerprint density at radius 1 is 1.38 bits per heavy atom. The molecule has 3 aromatic heterocycles. The zero-order valence-corrected chi connectivity index (χ0v) is 19.1. The fourth-order valence-corrected chi connectivity index (χ4v) is 3.34. The predicted molar refractivity (Wildman–Crippen MR) is 128 cm³/mol. The maximum atomic E-state index is 14.5. The average molecular weight is 468 g/mol. The monoisotopic (exact) mass is 467 g/mol. The van der Waals surface area contributed by atoms with Crippen LogP contribution < -0.4 is 21.5 Å². The number of rotatable bonds is 8. The molecule has 0 spiro atoms. The highest BCUT2D eigenvalue weighted by molar-refractivity contribution is 6.09. The third-order valence-corrected chi connectivity index (χ3v) is 5.18. The molecule has 178 valence electrons. The molecule has 10 nitrogen and oxygen atoms in total. The van der Waals surface area contributed by atoms with Crippen LogP contribution >= 0.6 is 0 Å². The summed E-state index contributed by atoms with van der Waals surface area (Å²) in [5, 5.41) is 17.1. The van der Waals surface area contributed by atoms with Crippen LogP contribution in [0.3, 0.4) is 0 Å². The Morgan fingerprint density at radius 2 is 2.15 bits per heavy atom. The van der Waals surface area contributed by atoms with Gasteiger partial charge in [-0.1, -0.05) is 0 Å². The van der Waals surface area contributed by atoms with Crippen LogP contribution in [0.5, 0.6) is 5.75 Å². The van der Waals surface area contributed by atoms with Gasteiger partial charge in [0.2, 0.25) is 0 Å². The van der Waals surface area contributed by atoms with Crippen molar-refractivity contribution in [2.24, 2.45) is 10.7 Å². The topological polar surface area (TPSA) is 144 Å². The van der Waals surface area contributed by atoms with Gasteiger partial charge < -0.3 is 19.8 Å².